The van der Waals surface area contributed by atoms with Gasteiger partial charge in [0.1, 0.15) is 5.75 Å². The summed E-state index contributed by atoms with van der Waals surface area (Å²) in [5, 5.41) is 9.38. The van der Waals surface area contributed by atoms with E-state index in [4.69, 9.17) is 21.6 Å². The van der Waals surface area contributed by atoms with Gasteiger partial charge in [0, 0.05) is 0 Å². The molecule has 0 aromatic heterocycles. The summed E-state index contributed by atoms with van der Waals surface area (Å²) in [7, 11) is 0. The van der Waals surface area contributed by atoms with E-state index in [0.29, 0.717) is 16.3 Å². The molecule has 1 aromatic carbocycles. The Balaban J connectivity index is 2.16. The summed E-state index contributed by atoms with van der Waals surface area (Å²) in [6.45, 7) is 9.19. The van der Waals surface area contributed by atoms with Gasteiger partial charge in [0.2, 0.25) is 0 Å². The lowest BCUT2D eigenvalue weighted by molar-refractivity contribution is 0.0134. The van der Waals surface area contributed by atoms with Crippen molar-refractivity contribution in [2.24, 2.45) is 10.8 Å². The van der Waals surface area contributed by atoms with Crippen LogP contribution in [0.3, 0.4) is 0 Å². The summed E-state index contributed by atoms with van der Waals surface area (Å²) in [5.41, 5.74) is 1.13. The minimum Gasteiger partial charge on any atom is -0.489 e. The van der Waals surface area contributed by atoms with Gasteiger partial charge < -0.3 is 4.74 Å². The number of rotatable bonds is 2. The summed E-state index contributed by atoms with van der Waals surface area (Å²) in [4.78, 5) is 0. The third-order valence-corrected chi connectivity index (χ3v) is 4.17. The maximum atomic E-state index is 8.86. The normalized spacial score (nSPS) is 21.2. The molecule has 108 valence electrons. The highest BCUT2D eigenvalue weighted by atomic mass is 35.5. The van der Waals surface area contributed by atoms with Gasteiger partial charge in [0.05, 0.1) is 22.8 Å². The van der Waals surface area contributed by atoms with Crippen LogP contribution in [0.2, 0.25) is 5.02 Å². The first-order valence-electron chi connectivity index (χ1n) is 7.07. The maximum Gasteiger partial charge on any atom is 0.138 e. The molecular weight excluding hydrogens is 270 g/mol. The first-order valence-corrected chi connectivity index (χ1v) is 7.45. The van der Waals surface area contributed by atoms with E-state index in [9.17, 15) is 0 Å². The lowest BCUT2D eigenvalue weighted by atomic mass is 9.64. The molecule has 1 fully saturated rings. The Hall–Kier alpha value is -1.20. The second-order valence-electron chi connectivity index (χ2n) is 7.41. The van der Waals surface area contributed by atoms with Crippen molar-refractivity contribution in [1.29, 1.82) is 5.26 Å². The zero-order chi connectivity index (χ0) is 15.0. The van der Waals surface area contributed by atoms with E-state index in [0.717, 1.165) is 12.8 Å². The molecule has 0 heterocycles. The molecule has 0 aliphatic heterocycles. The molecule has 1 aliphatic rings. The Labute approximate surface area is 126 Å². The van der Waals surface area contributed by atoms with Crippen LogP contribution in [-0.2, 0) is 0 Å². The average molecular weight is 292 g/mol. The van der Waals surface area contributed by atoms with Crippen LogP contribution in [0.25, 0.3) is 0 Å². The minimum absolute atomic E-state index is 0.180. The number of nitriles is 1. The number of hydrogen-bond acceptors (Lipinski definition) is 2. The van der Waals surface area contributed by atoms with Crippen LogP contribution in [0.5, 0.6) is 5.75 Å². The van der Waals surface area contributed by atoms with E-state index in [1.807, 2.05) is 0 Å². The predicted octanol–water partition coefficient (Wildman–Crippen LogP) is 5.20. The number of ether oxygens (including phenoxy) is 1. The first kappa shape index (κ1) is 15.2. The molecule has 0 N–H and O–H groups in total. The second-order valence-corrected chi connectivity index (χ2v) is 7.82. The largest absolute Gasteiger partial charge is 0.489 e. The van der Waals surface area contributed by atoms with E-state index in [-0.39, 0.29) is 16.9 Å². The third kappa shape index (κ3) is 3.67. The molecule has 0 amide bonds. The maximum absolute atomic E-state index is 8.86. The van der Waals surface area contributed by atoms with Crippen LogP contribution < -0.4 is 4.74 Å². The lowest BCUT2D eigenvalue weighted by Crippen LogP contribution is -2.39. The highest BCUT2D eigenvalue weighted by molar-refractivity contribution is 6.32. The van der Waals surface area contributed by atoms with Crippen LogP contribution in [0.15, 0.2) is 18.2 Å². The van der Waals surface area contributed by atoms with E-state index in [1.165, 1.54) is 6.42 Å². The molecule has 1 aromatic rings. The molecule has 0 spiro atoms. The van der Waals surface area contributed by atoms with Gasteiger partial charge in [-0.3, -0.25) is 0 Å². The predicted molar refractivity (Wildman–Crippen MR) is 82.0 cm³/mol. The number of hydrogen-bond donors (Lipinski definition) is 0. The Morgan fingerprint density at radius 2 is 1.80 bits per heavy atom. The van der Waals surface area contributed by atoms with Gasteiger partial charge in [0.15, 0.2) is 0 Å². The molecule has 0 saturated heterocycles. The van der Waals surface area contributed by atoms with Crippen LogP contribution in [0.4, 0.5) is 0 Å². The summed E-state index contributed by atoms with van der Waals surface area (Å²) >= 11 is 6.19. The van der Waals surface area contributed by atoms with Crippen molar-refractivity contribution in [3.63, 3.8) is 0 Å². The Morgan fingerprint density at radius 1 is 1.20 bits per heavy atom. The fourth-order valence-corrected chi connectivity index (χ4v) is 3.90. The Kier molecular flexibility index (Phi) is 4.02. The van der Waals surface area contributed by atoms with Gasteiger partial charge >= 0.3 is 0 Å². The van der Waals surface area contributed by atoms with Crippen molar-refractivity contribution in [3.8, 4) is 11.8 Å². The first-order chi connectivity index (χ1) is 9.21. The molecule has 2 rings (SSSR count). The summed E-state index contributed by atoms with van der Waals surface area (Å²) < 4.78 is 6.12. The molecule has 0 bridgehead atoms. The van der Waals surface area contributed by atoms with Crippen LogP contribution >= 0.6 is 11.6 Å². The van der Waals surface area contributed by atoms with E-state index >= 15 is 0 Å². The van der Waals surface area contributed by atoms with Gasteiger partial charge in [-0.1, -0.05) is 39.3 Å². The third-order valence-electron chi connectivity index (χ3n) is 3.87. The van der Waals surface area contributed by atoms with E-state index in [1.54, 1.807) is 18.2 Å². The topological polar surface area (TPSA) is 33.0 Å². The Morgan fingerprint density at radius 3 is 2.30 bits per heavy atom. The molecule has 1 saturated carbocycles. The van der Waals surface area contributed by atoms with Crippen LogP contribution in [0.1, 0.15) is 52.5 Å². The second kappa shape index (κ2) is 5.30. The SMILES string of the molecule is CC1(C)CC(Oc2ccc(C#N)cc2Cl)CC(C)(C)C1. The zero-order valence-corrected chi connectivity index (χ0v) is 13.4. The molecule has 2 nitrogen and oxygen atoms in total. The Bertz CT molecular complexity index is 526. The van der Waals surface area contributed by atoms with Gasteiger partial charge in [-0.05, 0) is 48.3 Å². The van der Waals surface area contributed by atoms with Crippen molar-refractivity contribution in [3.05, 3.63) is 28.8 Å². The van der Waals surface area contributed by atoms with E-state index in [2.05, 4.69) is 33.8 Å². The van der Waals surface area contributed by atoms with Crippen molar-refractivity contribution < 1.29 is 4.74 Å². The molecule has 0 atom stereocenters. The highest BCUT2D eigenvalue weighted by Crippen LogP contribution is 2.47. The van der Waals surface area contributed by atoms with Gasteiger partial charge in [0.25, 0.3) is 0 Å². The van der Waals surface area contributed by atoms with Crippen molar-refractivity contribution in [2.45, 2.75) is 53.1 Å². The van der Waals surface area contributed by atoms with E-state index < -0.39 is 0 Å². The molecule has 0 radical (unpaired) electrons. The van der Waals surface area contributed by atoms with Crippen molar-refractivity contribution in [2.75, 3.05) is 0 Å². The van der Waals surface area contributed by atoms with Gasteiger partial charge in [-0.2, -0.15) is 5.26 Å². The fraction of sp³-hybridized carbons (Fsp3) is 0.588. The quantitative estimate of drug-likeness (QED) is 0.750. The van der Waals surface area contributed by atoms with Crippen molar-refractivity contribution in [1.82, 2.24) is 0 Å². The minimum atomic E-state index is 0.180. The van der Waals surface area contributed by atoms with Gasteiger partial charge in [-0.25, -0.2) is 0 Å². The standard InChI is InChI=1S/C17H22ClNO/c1-16(2)8-13(9-17(3,4)11-16)20-15-6-5-12(10-19)7-14(15)18/h5-7,13H,8-9,11H2,1-4H3. The van der Waals surface area contributed by atoms with Crippen molar-refractivity contribution >= 4 is 11.6 Å². The molecule has 0 unspecified atom stereocenters. The zero-order valence-electron chi connectivity index (χ0n) is 12.7. The number of benzene rings is 1. The smallest absolute Gasteiger partial charge is 0.138 e. The van der Waals surface area contributed by atoms with Crippen LogP contribution in [-0.4, -0.2) is 6.10 Å². The van der Waals surface area contributed by atoms with Crippen LogP contribution in [0, 0.1) is 22.2 Å². The highest BCUT2D eigenvalue weighted by Gasteiger charge is 2.39. The molecule has 1 aliphatic carbocycles. The number of halogens is 1. The lowest BCUT2D eigenvalue weighted by Gasteiger charge is -2.44. The fourth-order valence-electron chi connectivity index (χ4n) is 3.67. The summed E-state index contributed by atoms with van der Waals surface area (Å²) in [6.07, 6.45) is 3.46. The molecular formula is C17H22ClNO. The summed E-state index contributed by atoms with van der Waals surface area (Å²) in [6, 6.07) is 7.30. The molecule has 3 heteroatoms. The molecule has 20 heavy (non-hydrogen) atoms. The van der Waals surface area contributed by atoms with Gasteiger partial charge in [-0.15, -0.1) is 0 Å². The monoisotopic (exact) mass is 291 g/mol. The summed E-state index contributed by atoms with van der Waals surface area (Å²) in [5.74, 6) is 0.684. The number of nitrogens with zero attached hydrogens (tertiary/aromatic N) is 1. The average Bonchev–Trinajstić information content (AvgIpc) is 2.27.